The molecule has 1 atom stereocenters. The van der Waals surface area contributed by atoms with E-state index in [9.17, 15) is 4.79 Å². The molecule has 1 unspecified atom stereocenters. The van der Waals surface area contributed by atoms with E-state index in [1.807, 2.05) is 36.4 Å². The topological polar surface area (TPSA) is 38.8 Å². The van der Waals surface area contributed by atoms with Crippen molar-refractivity contribution in [1.29, 1.82) is 0 Å². The van der Waals surface area contributed by atoms with Crippen LogP contribution in [0.1, 0.15) is 0 Å². The molecule has 0 bridgehead atoms. The molecule has 0 radical (unpaired) electrons. The summed E-state index contributed by atoms with van der Waals surface area (Å²) in [5, 5.41) is 2.27. The van der Waals surface area contributed by atoms with Gasteiger partial charge in [-0.3, -0.25) is 9.69 Å². The first-order valence-corrected chi connectivity index (χ1v) is 6.20. The third kappa shape index (κ3) is 2.20. The second-order valence-corrected chi connectivity index (χ2v) is 4.54. The fourth-order valence-electron chi connectivity index (χ4n) is 2.29. The van der Waals surface area contributed by atoms with Gasteiger partial charge in [0.15, 0.2) is 6.10 Å². The van der Waals surface area contributed by atoms with Crippen LogP contribution in [0.2, 0.25) is 0 Å². The van der Waals surface area contributed by atoms with Crippen LogP contribution in [0.25, 0.3) is 10.8 Å². The van der Waals surface area contributed by atoms with E-state index in [2.05, 4.69) is 6.07 Å². The standard InChI is InChI=1S/C15H15NO3/c1-18-9-14-15(17)16(10-19-14)13-7-6-11-4-2-3-5-12(11)8-13/h2-8,14H,9-10H2,1H3. The Morgan fingerprint density at radius 3 is 2.84 bits per heavy atom. The second kappa shape index (κ2) is 4.99. The third-order valence-electron chi connectivity index (χ3n) is 3.31. The summed E-state index contributed by atoms with van der Waals surface area (Å²) in [6.07, 6.45) is -0.489. The van der Waals surface area contributed by atoms with Gasteiger partial charge in [0.25, 0.3) is 5.91 Å². The zero-order chi connectivity index (χ0) is 13.2. The highest BCUT2D eigenvalue weighted by atomic mass is 16.6. The van der Waals surface area contributed by atoms with Crippen molar-refractivity contribution in [2.24, 2.45) is 0 Å². The quantitative estimate of drug-likeness (QED) is 0.846. The Labute approximate surface area is 111 Å². The summed E-state index contributed by atoms with van der Waals surface area (Å²) in [4.78, 5) is 13.8. The van der Waals surface area contributed by atoms with Gasteiger partial charge in [-0.25, -0.2) is 0 Å². The molecule has 1 aliphatic rings. The van der Waals surface area contributed by atoms with Gasteiger partial charge in [0.05, 0.1) is 6.61 Å². The van der Waals surface area contributed by atoms with Gasteiger partial charge in [0.1, 0.15) is 6.73 Å². The van der Waals surface area contributed by atoms with Crippen LogP contribution in [-0.4, -0.2) is 32.5 Å². The molecule has 1 fully saturated rings. The maximum Gasteiger partial charge on any atom is 0.260 e. The van der Waals surface area contributed by atoms with Crippen LogP contribution in [-0.2, 0) is 14.3 Å². The highest BCUT2D eigenvalue weighted by molar-refractivity contribution is 6.00. The number of benzene rings is 2. The van der Waals surface area contributed by atoms with Gasteiger partial charge in [-0.1, -0.05) is 30.3 Å². The fourth-order valence-corrected chi connectivity index (χ4v) is 2.29. The minimum atomic E-state index is -0.489. The Bertz CT molecular complexity index is 611. The van der Waals surface area contributed by atoms with Crippen LogP contribution < -0.4 is 4.90 Å². The largest absolute Gasteiger partial charge is 0.381 e. The number of ether oxygens (including phenoxy) is 2. The van der Waals surface area contributed by atoms with E-state index in [-0.39, 0.29) is 12.6 Å². The molecule has 1 amide bonds. The average molecular weight is 257 g/mol. The average Bonchev–Trinajstić information content (AvgIpc) is 2.80. The van der Waals surface area contributed by atoms with Gasteiger partial charge >= 0.3 is 0 Å². The van der Waals surface area contributed by atoms with Crippen molar-refractivity contribution in [2.75, 3.05) is 25.3 Å². The SMILES string of the molecule is COCC1OCN(c2ccc3ccccc3c2)C1=O. The smallest absolute Gasteiger partial charge is 0.260 e. The Morgan fingerprint density at radius 2 is 2.05 bits per heavy atom. The summed E-state index contributed by atoms with van der Waals surface area (Å²) in [5.74, 6) is -0.0443. The van der Waals surface area contributed by atoms with Crippen molar-refractivity contribution in [2.45, 2.75) is 6.10 Å². The van der Waals surface area contributed by atoms with E-state index < -0.39 is 6.10 Å². The van der Waals surface area contributed by atoms with E-state index in [1.54, 1.807) is 12.0 Å². The molecule has 3 rings (SSSR count). The monoisotopic (exact) mass is 257 g/mol. The predicted molar refractivity (Wildman–Crippen MR) is 73.1 cm³/mol. The molecule has 1 heterocycles. The molecule has 19 heavy (non-hydrogen) atoms. The maximum atomic E-state index is 12.2. The van der Waals surface area contributed by atoms with E-state index in [0.29, 0.717) is 6.61 Å². The van der Waals surface area contributed by atoms with Crippen molar-refractivity contribution >= 4 is 22.4 Å². The van der Waals surface area contributed by atoms with Crippen LogP contribution in [0, 0.1) is 0 Å². The first-order valence-electron chi connectivity index (χ1n) is 6.20. The highest BCUT2D eigenvalue weighted by Gasteiger charge is 2.33. The Hall–Kier alpha value is -1.91. The van der Waals surface area contributed by atoms with E-state index in [1.165, 1.54) is 0 Å². The number of rotatable bonds is 3. The lowest BCUT2D eigenvalue weighted by Gasteiger charge is -2.15. The van der Waals surface area contributed by atoms with Crippen molar-refractivity contribution in [3.63, 3.8) is 0 Å². The van der Waals surface area contributed by atoms with Crippen LogP contribution in [0.3, 0.4) is 0 Å². The van der Waals surface area contributed by atoms with Gasteiger partial charge in [0.2, 0.25) is 0 Å². The van der Waals surface area contributed by atoms with Crippen LogP contribution in [0.5, 0.6) is 0 Å². The number of hydrogen-bond donors (Lipinski definition) is 0. The number of nitrogens with zero attached hydrogens (tertiary/aromatic N) is 1. The highest BCUT2D eigenvalue weighted by Crippen LogP contribution is 2.25. The lowest BCUT2D eigenvalue weighted by Crippen LogP contribution is -2.31. The maximum absolute atomic E-state index is 12.2. The molecule has 1 saturated heterocycles. The van der Waals surface area contributed by atoms with E-state index in [4.69, 9.17) is 9.47 Å². The number of hydrogen-bond acceptors (Lipinski definition) is 3. The van der Waals surface area contributed by atoms with Gasteiger partial charge in [-0.2, -0.15) is 0 Å². The normalized spacial score (nSPS) is 19.3. The van der Waals surface area contributed by atoms with E-state index in [0.717, 1.165) is 16.5 Å². The first kappa shape index (κ1) is 12.1. The molecule has 4 heteroatoms. The molecule has 2 aromatic rings. The molecular weight excluding hydrogens is 242 g/mol. The summed E-state index contributed by atoms with van der Waals surface area (Å²) in [7, 11) is 1.56. The summed E-state index contributed by atoms with van der Waals surface area (Å²) >= 11 is 0. The molecule has 2 aromatic carbocycles. The second-order valence-electron chi connectivity index (χ2n) is 4.54. The molecular formula is C15H15NO3. The van der Waals surface area contributed by atoms with Gasteiger partial charge in [-0.15, -0.1) is 0 Å². The third-order valence-corrected chi connectivity index (χ3v) is 3.31. The summed E-state index contributed by atoms with van der Waals surface area (Å²) in [6, 6.07) is 14.0. The van der Waals surface area contributed by atoms with Crippen molar-refractivity contribution < 1.29 is 14.3 Å². The summed E-state index contributed by atoms with van der Waals surface area (Å²) in [6.45, 7) is 0.577. The fraction of sp³-hybridized carbons (Fsp3) is 0.267. The van der Waals surface area contributed by atoms with Crippen LogP contribution >= 0.6 is 0 Å². The number of carbonyl (C=O) groups excluding carboxylic acids is 1. The summed E-state index contributed by atoms with van der Waals surface area (Å²) in [5.41, 5.74) is 0.863. The van der Waals surface area contributed by atoms with Crippen molar-refractivity contribution in [3.8, 4) is 0 Å². The Kier molecular flexibility index (Phi) is 3.19. The molecule has 0 saturated carbocycles. The van der Waals surface area contributed by atoms with E-state index >= 15 is 0 Å². The number of methoxy groups -OCH3 is 1. The Balaban J connectivity index is 1.90. The predicted octanol–water partition coefficient (Wildman–Crippen LogP) is 2.18. The van der Waals surface area contributed by atoms with Crippen molar-refractivity contribution in [1.82, 2.24) is 0 Å². The summed E-state index contributed by atoms with van der Waals surface area (Å²) < 4.78 is 10.4. The number of fused-ring (bicyclic) bond motifs is 1. The number of amides is 1. The molecule has 0 aliphatic carbocycles. The molecule has 0 N–H and O–H groups in total. The molecule has 4 nitrogen and oxygen atoms in total. The lowest BCUT2D eigenvalue weighted by molar-refractivity contribution is -0.124. The number of anilines is 1. The molecule has 0 spiro atoms. The lowest BCUT2D eigenvalue weighted by atomic mass is 10.1. The van der Waals surface area contributed by atoms with Gasteiger partial charge < -0.3 is 9.47 Å². The Morgan fingerprint density at radius 1 is 1.26 bits per heavy atom. The van der Waals surface area contributed by atoms with Gasteiger partial charge in [0, 0.05) is 12.8 Å². The first-order chi connectivity index (χ1) is 9.29. The zero-order valence-electron chi connectivity index (χ0n) is 10.7. The van der Waals surface area contributed by atoms with Crippen LogP contribution in [0.15, 0.2) is 42.5 Å². The minimum Gasteiger partial charge on any atom is -0.381 e. The molecule has 98 valence electrons. The number of carbonyl (C=O) groups is 1. The zero-order valence-corrected chi connectivity index (χ0v) is 10.7. The minimum absolute atomic E-state index is 0.0443. The molecule has 0 aromatic heterocycles. The van der Waals surface area contributed by atoms with Crippen molar-refractivity contribution in [3.05, 3.63) is 42.5 Å². The van der Waals surface area contributed by atoms with Gasteiger partial charge in [-0.05, 0) is 22.9 Å². The molecule has 1 aliphatic heterocycles. The van der Waals surface area contributed by atoms with Crippen LogP contribution in [0.4, 0.5) is 5.69 Å².